The van der Waals surface area contributed by atoms with Crippen LogP contribution in [0.15, 0.2) is 42.5 Å². The molecule has 2 rings (SSSR count). The minimum Gasteiger partial charge on any atom is -0.322 e. The molecule has 2 aromatic carbocycles. The van der Waals surface area contributed by atoms with Gasteiger partial charge in [0.25, 0.3) is 5.91 Å². The molecule has 0 aliphatic heterocycles. The second kappa shape index (κ2) is 6.56. The molecule has 0 atom stereocenters. The fraction of sp³-hybridized carbons (Fsp3) is 0.0714. The predicted octanol–water partition coefficient (Wildman–Crippen LogP) is 3.62. The highest BCUT2D eigenvalue weighted by Crippen LogP contribution is 2.24. The number of hydrogen-bond acceptors (Lipinski definition) is 3. The molecule has 8 heteroatoms. The molecule has 0 heterocycles. The van der Waals surface area contributed by atoms with Gasteiger partial charge in [-0.3, -0.25) is 9.52 Å². The first kappa shape index (κ1) is 16.6. The van der Waals surface area contributed by atoms with Crippen LogP contribution in [0.25, 0.3) is 0 Å². The van der Waals surface area contributed by atoms with Gasteiger partial charge in [0.05, 0.1) is 17.0 Å². The van der Waals surface area contributed by atoms with Gasteiger partial charge in [-0.15, -0.1) is 0 Å². The van der Waals surface area contributed by atoms with Crippen LogP contribution in [-0.2, 0) is 10.0 Å². The van der Waals surface area contributed by atoms with Gasteiger partial charge in [0.2, 0.25) is 10.0 Å². The van der Waals surface area contributed by atoms with Gasteiger partial charge < -0.3 is 5.32 Å². The first-order chi connectivity index (χ1) is 10.2. The fourth-order valence-corrected chi connectivity index (χ4v) is 2.60. The van der Waals surface area contributed by atoms with Crippen LogP contribution >= 0.6 is 23.2 Å². The third-order valence-electron chi connectivity index (χ3n) is 2.63. The maximum Gasteiger partial charge on any atom is 0.255 e. The molecular formula is C14H12Cl2N2O3S. The molecule has 0 spiro atoms. The molecule has 0 saturated carbocycles. The zero-order valence-electron chi connectivity index (χ0n) is 11.4. The Morgan fingerprint density at radius 2 is 1.68 bits per heavy atom. The first-order valence-electron chi connectivity index (χ1n) is 6.09. The average Bonchev–Trinajstić information content (AvgIpc) is 2.42. The number of anilines is 2. The first-order valence-corrected chi connectivity index (χ1v) is 8.73. The van der Waals surface area contributed by atoms with Crippen molar-refractivity contribution >= 4 is 50.5 Å². The third kappa shape index (κ3) is 4.62. The van der Waals surface area contributed by atoms with Crippen LogP contribution in [0, 0.1) is 0 Å². The Morgan fingerprint density at radius 1 is 1.05 bits per heavy atom. The lowest BCUT2D eigenvalue weighted by atomic mass is 10.2. The molecule has 0 fully saturated rings. The molecule has 0 bridgehead atoms. The number of halogens is 2. The van der Waals surface area contributed by atoms with Gasteiger partial charge in [0, 0.05) is 16.3 Å². The monoisotopic (exact) mass is 358 g/mol. The molecule has 2 N–H and O–H groups in total. The van der Waals surface area contributed by atoms with Crippen molar-refractivity contribution in [1.82, 2.24) is 0 Å². The van der Waals surface area contributed by atoms with E-state index in [1.165, 1.54) is 18.2 Å². The van der Waals surface area contributed by atoms with Crippen LogP contribution in [0.1, 0.15) is 10.4 Å². The van der Waals surface area contributed by atoms with Crippen molar-refractivity contribution in [1.29, 1.82) is 0 Å². The largest absolute Gasteiger partial charge is 0.322 e. The summed E-state index contributed by atoms with van der Waals surface area (Å²) in [6.07, 6.45) is 1.00. The lowest BCUT2D eigenvalue weighted by Gasteiger charge is -2.09. The summed E-state index contributed by atoms with van der Waals surface area (Å²) in [7, 11) is -3.49. The Labute approximate surface area is 138 Å². The Bertz CT molecular complexity index is 805. The van der Waals surface area contributed by atoms with E-state index in [0.29, 0.717) is 10.7 Å². The molecule has 2 aromatic rings. The van der Waals surface area contributed by atoms with E-state index in [-0.39, 0.29) is 16.3 Å². The fourth-order valence-electron chi connectivity index (χ4n) is 1.68. The number of carbonyl (C=O) groups is 1. The highest BCUT2D eigenvalue weighted by atomic mass is 35.5. The topological polar surface area (TPSA) is 75.3 Å². The van der Waals surface area contributed by atoms with Crippen molar-refractivity contribution in [3.05, 3.63) is 58.1 Å². The van der Waals surface area contributed by atoms with Gasteiger partial charge in [-0.2, -0.15) is 0 Å². The molecule has 0 aliphatic carbocycles. The number of benzene rings is 2. The van der Waals surface area contributed by atoms with E-state index < -0.39 is 15.9 Å². The summed E-state index contributed by atoms with van der Waals surface area (Å²) < 4.78 is 24.8. The minimum absolute atomic E-state index is 0.146. The smallest absolute Gasteiger partial charge is 0.255 e. The van der Waals surface area contributed by atoms with Crippen molar-refractivity contribution < 1.29 is 13.2 Å². The molecule has 0 aliphatic rings. The van der Waals surface area contributed by atoms with E-state index in [9.17, 15) is 13.2 Å². The van der Waals surface area contributed by atoms with Gasteiger partial charge >= 0.3 is 0 Å². The summed E-state index contributed by atoms with van der Waals surface area (Å²) in [5, 5.41) is 3.44. The van der Waals surface area contributed by atoms with E-state index in [1.54, 1.807) is 24.3 Å². The minimum atomic E-state index is -3.49. The second-order valence-corrected chi connectivity index (χ2v) is 7.12. The normalized spacial score (nSPS) is 11.0. The number of sulfonamides is 1. The summed E-state index contributed by atoms with van der Waals surface area (Å²) in [5.41, 5.74) is 0.986. The lowest BCUT2D eigenvalue weighted by molar-refractivity contribution is 0.102. The van der Waals surface area contributed by atoms with E-state index in [4.69, 9.17) is 23.2 Å². The Balaban J connectivity index is 2.23. The standard InChI is InChI=1S/C14H12Cl2N2O3S/c1-22(20,21)18-13-8-9(2-7-12(13)16)14(19)17-11-5-3-10(15)4-6-11/h2-8,18H,1H3,(H,17,19). The van der Waals surface area contributed by atoms with E-state index in [0.717, 1.165) is 6.26 Å². The highest BCUT2D eigenvalue weighted by Gasteiger charge is 2.12. The van der Waals surface area contributed by atoms with Crippen LogP contribution in [0.4, 0.5) is 11.4 Å². The van der Waals surface area contributed by atoms with Crippen molar-refractivity contribution in [3.63, 3.8) is 0 Å². The van der Waals surface area contributed by atoms with Crippen molar-refractivity contribution in [2.75, 3.05) is 16.3 Å². The maximum absolute atomic E-state index is 12.2. The lowest BCUT2D eigenvalue weighted by Crippen LogP contribution is -2.14. The van der Waals surface area contributed by atoms with E-state index >= 15 is 0 Å². The van der Waals surface area contributed by atoms with Crippen molar-refractivity contribution in [2.24, 2.45) is 0 Å². The Kier molecular flexibility index (Phi) is 4.95. The summed E-state index contributed by atoms with van der Waals surface area (Å²) in [6, 6.07) is 10.9. The molecule has 0 aromatic heterocycles. The summed E-state index contributed by atoms with van der Waals surface area (Å²) in [4.78, 5) is 12.2. The predicted molar refractivity (Wildman–Crippen MR) is 89.3 cm³/mol. The SMILES string of the molecule is CS(=O)(=O)Nc1cc(C(=O)Nc2ccc(Cl)cc2)ccc1Cl. The molecular weight excluding hydrogens is 347 g/mol. The molecule has 1 amide bonds. The summed E-state index contributed by atoms with van der Waals surface area (Å²) in [6.45, 7) is 0. The molecule has 5 nitrogen and oxygen atoms in total. The quantitative estimate of drug-likeness (QED) is 0.876. The molecule has 22 heavy (non-hydrogen) atoms. The summed E-state index contributed by atoms with van der Waals surface area (Å²) in [5.74, 6) is -0.393. The van der Waals surface area contributed by atoms with Crippen molar-refractivity contribution in [2.45, 2.75) is 0 Å². The van der Waals surface area contributed by atoms with Crippen molar-refractivity contribution in [3.8, 4) is 0 Å². The third-order valence-corrected chi connectivity index (χ3v) is 3.80. The van der Waals surface area contributed by atoms with Crippen LogP contribution in [-0.4, -0.2) is 20.6 Å². The average molecular weight is 359 g/mol. The Morgan fingerprint density at radius 3 is 2.27 bits per heavy atom. The van der Waals surface area contributed by atoms with Gasteiger partial charge in [-0.05, 0) is 42.5 Å². The number of carbonyl (C=O) groups excluding carboxylic acids is 1. The number of hydrogen-bond donors (Lipinski definition) is 2. The van der Waals surface area contributed by atoms with Gasteiger partial charge in [-0.25, -0.2) is 8.42 Å². The molecule has 0 unspecified atom stereocenters. The summed E-state index contributed by atoms with van der Waals surface area (Å²) >= 11 is 11.7. The zero-order valence-corrected chi connectivity index (χ0v) is 13.8. The maximum atomic E-state index is 12.2. The van der Waals surface area contributed by atoms with Gasteiger partial charge in [-0.1, -0.05) is 23.2 Å². The number of nitrogens with one attached hydrogen (secondary N) is 2. The zero-order chi connectivity index (χ0) is 16.3. The Hall–Kier alpha value is -1.76. The molecule has 116 valence electrons. The number of rotatable bonds is 4. The second-order valence-electron chi connectivity index (χ2n) is 4.53. The van der Waals surface area contributed by atoms with Crippen LogP contribution < -0.4 is 10.0 Å². The van der Waals surface area contributed by atoms with Crippen LogP contribution in [0.2, 0.25) is 10.0 Å². The van der Waals surface area contributed by atoms with Gasteiger partial charge in [0.15, 0.2) is 0 Å². The van der Waals surface area contributed by atoms with E-state index in [2.05, 4.69) is 10.0 Å². The van der Waals surface area contributed by atoms with E-state index in [1.807, 2.05) is 0 Å². The molecule has 0 saturated heterocycles. The molecule has 0 radical (unpaired) electrons. The highest BCUT2D eigenvalue weighted by molar-refractivity contribution is 7.92. The van der Waals surface area contributed by atoms with Crippen LogP contribution in [0.3, 0.4) is 0 Å². The van der Waals surface area contributed by atoms with Gasteiger partial charge in [0.1, 0.15) is 0 Å². The van der Waals surface area contributed by atoms with Crippen LogP contribution in [0.5, 0.6) is 0 Å². The number of amides is 1.